The van der Waals surface area contributed by atoms with E-state index in [0.29, 0.717) is 6.54 Å². The van der Waals surface area contributed by atoms with Gasteiger partial charge in [-0.15, -0.1) is 0 Å². The van der Waals surface area contributed by atoms with Crippen LogP contribution in [0.15, 0.2) is 0 Å². The van der Waals surface area contributed by atoms with E-state index in [1.54, 1.807) is 0 Å². The molecule has 75 valence electrons. The van der Waals surface area contributed by atoms with E-state index >= 15 is 0 Å². The summed E-state index contributed by atoms with van der Waals surface area (Å²) in [5, 5.41) is 2.98. The van der Waals surface area contributed by atoms with Crippen molar-refractivity contribution >= 4 is 6.16 Å². The van der Waals surface area contributed by atoms with Crippen molar-refractivity contribution in [2.45, 2.75) is 38.9 Å². The largest absolute Gasteiger partial charge is 0.509 e. The Balaban J connectivity index is 2.24. The van der Waals surface area contributed by atoms with Gasteiger partial charge in [-0.3, -0.25) is 0 Å². The topological polar surface area (TPSA) is 47.6 Å². The Morgan fingerprint density at radius 2 is 2.23 bits per heavy atom. The number of hydrogen-bond donors (Lipinski definition) is 1. The number of carbonyl (C=O) groups excluding carboxylic acids is 1. The Morgan fingerprint density at radius 1 is 1.54 bits per heavy atom. The third-order valence-electron chi connectivity index (χ3n) is 1.52. The van der Waals surface area contributed by atoms with Crippen LogP contribution in [0.2, 0.25) is 0 Å². The number of ether oxygens (including phenoxy) is 2. The molecule has 1 radical (unpaired) electrons. The van der Waals surface area contributed by atoms with E-state index in [4.69, 9.17) is 9.47 Å². The van der Waals surface area contributed by atoms with E-state index in [0.717, 1.165) is 6.42 Å². The molecule has 0 amide bonds. The predicted molar refractivity (Wildman–Crippen MR) is 48.0 cm³/mol. The van der Waals surface area contributed by atoms with Gasteiger partial charge in [0.2, 0.25) is 0 Å². The molecule has 1 unspecified atom stereocenters. The molecule has 1 heterocycles. The standard InChI is InChI=1S/C9H16NO3/c1-9(2,3)13-8(11)12-7-4-5-10-6-7/h5,7,10H,4,6H2,1-3H3. The molecule has 0 spiro atoms. The van der Waals surface area contributed by atoms with E-state index in [2.05, 4.69) is 5.32 Å². The highest BCUT2D eigenvalue weighted by Crippen LogP contribution is 2.12. The maximum atomic E-state index is 11.1. The van der Waals surface area contributed by atoms with Crippen LogP contribution >= 0.6 is 0 Å². The average Bonchev–Trinajstić information content (AvgIpc) is 2.34. The first-order chi connectivity index (χ1) is 5.97. The van der Waals surface area contributed by atoms with Crippen molar-refractivity contribution in [1.29, 1.82) is 0 Å². The summed E-state index contributed by atoms with van der Waals surface area (Å²) in [6.45, 7) is 8.00. The highest BCUT2D eigenvalue weighted by atomic mass is 16.7. The van der Waals surface area contributed by atoms with Crippen molar-refractivity contribution in [3.8, 4) is 0 Å². The molecule has 1 aliphatic rings. The van der Waals surface area contributed by atoms with Gasteiger partial charge in [0, 0.05) is 19.5 Å². The van der Waals surface area contributed by atoms with Gasteiger partial charge in [-0.2, -0.15) is 0 Å². The lowest BCUT2D eigenvalue weighted by Gasteiger charge is -2.20. The zero-order valence-corrected chi connectivity index (χ0v) is 8.29. The van der Waals surface area contributed by atoms with Gasteiger partial charge in [-0.25, -0.2) is 4.79 Å². The maximum absolute atomic E-state index is 11.1. The summed E-state index contributed by atoms with van der Waals surface area (Å²) in [6, 6.07) is 0. The summed E-state index contributed by atoms with van der Waals surface area (Å²) >= 11 is 0. The van der Waals surface area contributed by atoms with Crippen LogP contribution in [0.25, 0.3) is 0 Å². The van der Waals surface area contributed by atoms with E-state index in [1.165, 1.54) is 0 Å². The molecular formula is C9H16NO3. The van der Waals surface area contributed by atoms with Crippen LogP contribution in [0.5, 0.6) is 0 Å². The molecule has 1 rings (SSSR count). The SMILES string of the molecule is CC(C)(C)OC(=O)OC1C[CH]NC1. The summed E-state index contributed by atoms with van der Waals surface area (Å²) in [5.41, 5.74) is -0.479. The van der Waals surface area contributed by atoms with Gasteiger partial charge in [0.25, 0.3) is 0 Å². The van der Waals surface area contributed by atoms with Crippen LogP contribution in [-0.2, 0) is 9.47 Å². The third-order valence-corrected chi connectivity index (χ3v) is 1.52. The van der Waals surface area contributed by atoms with Crippen molar-refractivity contribution in [2.24, 2.45) is 0 Å². The van der Waals surface area contributed by atoms with Gasteiger partial charge in [0.05, 0.1) is 0 Å². The van der Waals surface area contributed by atoms with Crippen LogP contribution in [-0.4, -0.2) is 24.4 Å². The molecule has 0 aliphatic carbocycles. The Morgan fingerprint density at radius 3 is 2.69 bits per heavy atom. The highest BCUT2D eigenvalue weighted by molar-refractivity contribution is 5.60. The lowest BCUT2D eigenvalue weighted by atomic mass is 10.2. The van der Waals surface area contributed by atoms with Crippen molar-refractivity contribution in [3.05, 3.63) is 6.54 Å². The number of rotatable bonds is 1. The van der Waals surface area contributed by atoms with Crippen molar-refractivity contribution in [3.63, 3.8) is 0 Å². The van der Waals surface area contributed by atoms with Crippen LogP contribution in [0.1, 0.15) is 27.2 Å². The zero-order chi connectivity index (χ0) is 9.90. The fraction of sp³-hybridized carbons (Fsp3) is 0.778. The fourth-order valence-electron chi connectivity index (χ4n) is 1.01. The zero-order valence-electron chi connectivity index (χ0n) is 8.29. The Kier molecular flexibility index (Phi) is 3.14. The smallest absolute Gasteiger partial charge is 0.430 e. The minimum atomic E-state index is -0.588. The first kappa shape index (κ1) is 10.3. The second-order valence-corrected chi connectivity index (χ2v) is 4.05. The summed E-state index contributed by atoms with van der Waals surface area (Å²) in [6.07, 6.45) is 0.0867. The quantitative estimate of drug-likeness (QED) is 0.630. The molecular weight excluding hydrogens is 170 g/mol. The first-order valence-electron chi connectivity index (χ1n) is 4.42. The Labute approximate surface area is 78.6 Å². The fourth-order valence-corrected chi connectivity index (χ4v) is 1.01. The van der Waals surface area contributed by atoms with Gasteiger partial charge < -0.3 is 14.8 Å². The van der Waals surface area contributed by atoms with Gasteiger partial charge >= 0.3 is 6.16 Å². The number of nitrogens with one attached hydrogen (secondary N) is 1. The lowest BCUT2D eigenvalue weighted by molar-refractivity contribution is -0.0226. The van der Waals surface area contributed by atoms with Crippen molar-refractivity contribution < 1.29 is 14.3 Å². The minimum Gasteiger partial charge on any atom is -0.430 e. The van der Waals surface area contributed by atoms with Crippen LogP contribution in [0, 0.1) is 6.54 Å². The van der Waals surface area contributed by atoms with Crippen molar-refractivity contribution in [1.82, 2.24) is 5.32 Å². The molecule has 0 saturated carbocycles. The van der Waals surface area contributed by atoms with E-state index in [9.17, 15) is 4.79 Å². The second-order valence-electron chi connectivity index (χ2n) is 4.05. The van der Waals surface area contributed by atoms with Crippen LogP contribution in [0.3, 0.4) is 0 Å². The van der Waals surface area contributed by atoms with E-state index in [-0.39, 0.29) is 6.10 Å². The van der Waals surface area contributed by atoms with Crippen LogP contribution in [0.4, 0.5) is 4.79 Å². The molecule has 1 atom stereocenters. The van der Waals surface area contributed by atoms with E-state index < -0.39 is 11.8 Å². The summed E-state index contributed by atoms with van der Waals surface area (Å²) in [4.78, 5) is 11.1. The summed E-state index contributed by atoms with van der Waals surface area (Å²) in [7, 11) is 0. The molecule has 0 bridgehead atoms. The molecule has 4 heteroatoms. The molecule has 13 heavy (non-hydrogen) atoms. The molecule has 1 saturated heterocycles. The van der Waals surface area contributed by atoms with Gasteiger partial charge in [-0.1, -0.05) is 0 Å². The number of carbonyl (C=O) groups is 1. The minimum absolute atomic E-state index is 0.0742. The van der Waals surface area contributed by atoms with E-state index in [1.807, 2.05) is 27.3 Å². The maximum Gasteiger partial charge on any atom is 0.509 e. The molecule has 1 N–H and O–H groups in total. The molecule has 1 fully saturated rings. The Bertz CT molecular complexity index is 180. The third kappa shape index (κ3) is 4.12. The monoisotopic (exact) mass is 186 g/mol. The molecule has 0 aromatic rings. The highest BCUT2D eigenvalue weighted by Gasteiger charge is 2.23. The summed E-state index contributed by atoms with van der Waals surface area (Å²) < 4.78 is 10.0. The molecule has 0 aromatic heterocycles. The molecule has 4 nitrogen and oxygen atoms in total. The van der Waals surface area contributed by atoms with Gasteiger partial charge in [0.15, 0.2) is 0 Å². The normalized spacial score (nSPS) is 22.8. The second kappa shape index (κ2) is 3.96. The number of hydrogen-bond acceptors (Lipinski definition) is 4. The van der Waals surface area contributed by atoms with Crippen molar-refractivity contribution in [2.75, 3.05) is 6.54 Å². The first-order valence-corrected chi connectivity index (χ1v) is 4.42. The Hall–Kier alpha value is -0.770. The lowest BCUT2D eigenvalue weighted by Crippen LogP contribution is -2.28. The summed E-state index contributed by atoms with van der Waals surface area (Å²) in [5.74, 6) is 0. The predicted octanol–water partition coefficient (Wildman–Crippen LogP) is 1.46. The average molecular weight is 186 g/mol. The van der Waals surface area contributed by atoms with Gasteiger partial charge in [0.1, 0.15) is 11.7 Å². The van der Waals surface area contributed by atoms with Crippen LogP contribution < -0.4 is 5.32 Å². The molecule has 1 aliphatic heterocycles. The van der Waals surface area contributed by atoms with Gasteiger partial charge in [-0.05, 0) is 20.8 Å². The molecule has 0 aromatic carbocycles.